The van der Waals surface area contributed by atoms with Crippen LogP contribution in [0.1, 0.15) is 29.5 Å². The molecule has 0 saturated carbocycles. The van der Waals surface area contributed by atoms with Gasteiger partial charge in [0.2, 0.25) is 5.91 Å². The van der Waals surface area contributed by atoms with Crippen molar-refractivity contribution >= 4 is 5.91 Å². The topological polar surface area (TPSA) is 55.1 Å². The number of rotatable bonds is 6. The van der Waals surface area contributed by atoms with E-state index in [1.54, 1.807) is 0 Å². The average molecular weight is 282 g/mol. The molecule has 0 spiro atoms. The van der Waals surface area contributed by atoms with Gasteiger partial charge in [0.05, 0.1) is 5.92 Å². The van der Waals surface area contributed by atoms with Crippen molar-refractivity contribution in [3.8, 4) is 0 Å². The van der Waals surface area contributed by atoms with Gasteiger partial charge in [-0.3, -0.25) is 4.79 Å². The first kappa shape index (κ1) is 15.3. The summed E-state index contributed by atoms with van der Waals surface area (Å²) >= 11 is 0. The number of hydrogen-bond donors (Lipinski definition) is 2. The molecule has 3 N–H and O–H groups in total. The molecule has 3 nitrogen and oxygen atoms in total. The predicted molar refractivity (Wildman–Crippen MR) is 85.9 cm³/mol. The Morgan fingerprint density at radius 2 is 1.67 bits per heavy atom. The van der Waals surface area contributed by atoms with E-state index in [2.05, 4.69) is 36.5 Å². The van der Waals surface area contributed by atoms with E-state index >= 15 is 0 Å². The molecule has 1 unspecified atom stereocenters. The first-order valence-electron chi connectivity index (χ1n) is 7.35. The molecule has 2 aromatic carbocycles. The Hall–Kier alpha value is -2.13. The zero-order valence-corrected chi connectivity index (χ0v) is 12.4. The van der Waals surface area contributed by atoms with Gasteiger partial charge in [0.25, 0.3) is 0 Å². The van der Waals surface area contributed by atoms with Crippen LogP contribution in [0.2, 0.25) is 0 Å². The van der Waals surface area contributed by atoms with Gasteiger partial charge >= 0.3 is 0 Å². The molecular formula is C18H22N2O. The zero-order valence-electron chi connectivity index (χ0n) is 12.4. The SMILES string of the molecule is CCc1ccc(CNC(=O)C(CN)c2ccccc2)cc1. The van der Waals surface area contributed by atoms with Crippen molar-refractivity contribution in [2.75, 3.05) is 6.54 Å². The maximum Gasteiger partial charge on any atom is 0.229 e. The Kier molecular flexibility index (Phi) is 5.52. The van der Waals surface area contributed by atoms with Crippen molar-refractivity contribution in [1.82, 2.24) is 5.32 Å². The van der Waals surface area contributed by atoms with Crippen LogP contribution in [0.25, 0.3) is 0 Å². The maximum atomic E-state index is 12.3. The summed E-state index contributed by atoms with van der Waals surface area (Å²) in [4.78, 5) is 12.3. The molecule has 1 atom stereocenters. The summed E-state index contributed by atoms with van der Waals surface area (Å²) < 4.78 is 0. The average Bonchev–Trinajstić information content (AvgIpc) is 2.55. The van der Waals surface area contributed by atoms with Gasteiger partial charge < -0.3 is 11.1 Å². The second kappa shape index (κ2) is 7.60. The Bertz CT molecular complexity index is 564. The van der Waals surface area contributed by atoms with E-state index in [9.17, 15) is 4.79 Å². The molecule has 0 heterocycles. The van der Waals surface area contributed by atoms with E-state index in [0.29, 0.717) is 13.1 Å². The highest BCUT2D eigenvalue weighted by molar-refractivity contribution is 5.83. The van der Waals surface area contributed by atoms with E-state index in [-0.39, 0.29) is 11.8 Å². The monoisotopic (exact) mass is 282 g/mol. The van der Waals surface area contributed by atoms with Crippen LogP contribution >= 0.6 is 0 Å². The summed E-state index contributed by atoms with van der Waals surface area (Å²) in [5, 5.41) is 2.97. The summed E-state index contributed by atoms with van der Waals surface area (Å²) in [6.45, 7) is 2.97. The van der Waals surface area contributed by atoms with Gasteiger partial charge in [0, 0.05) is 13.1 Å². The molecule has 1 amide bonds. The minimum absolute atomic E-state index is 0.0248. The molecule has 3 heteroatoms. The standard InChI is InChI=1S/C18H22N2O/c1-2-14-8-10-15(11-9-14)13-20-18(21)17(12-19)16-6-4-3-5-7-16/h3-11,17H,2,12-13,19H2,1H3,(H,20,21). The predicted octanol–water partition coefficient (Wildman–Crippen LogP) is 2.61. The third-order valence-corrected chi connectivity index (χ3v) is 3.65. The van der Waals surface area contributed by atoms with Gasteiger partial charge in [-0.15, -0.1) is 0 Å². The minimum atomic E-state index is -0.291. The van der Waals surface area contributed by atoms with Crippen molar-refractivity contribution in [2.45, 2.75) is 25.8 Å². The van der Waals surface area contributed by atoms with E-state index in [1.165, 1.54) is 5.56 Å². The van der Waals surface area contributed by atoms with Crippen LogP contribution in [0, 0.1) is 0 Å². The highest BCUT2D eigenvalue weighted by atomic mass is 16.1. The fourth-order valence-electron chi connectivity index (χ4n) is 2.29. The Labute approximate surface area is 126 Å². The van der Waals surface area contributed by atoms with Crippen molar-refractivity contribution in [3.63, 3.8) is 0 Å². The molecule has 0 aromatic heterocycles. The summed E-state index contributed by atoms with van der Waals surface area (Å²) in [7, 11) is 0. The third kappa shape index (κ3) is 4.17. The van der Waals surface area contributed by atoms with E-state index < -0.39 is 0 Å². The minimum Gasteiger partial charge on any atom is -0.351 e. The molecule has 0 aliphatic carbocycles. The highest BCUT2D eigenvalue weighted by Gasteiger charge is 2.18. The molecule has 2 rings (SSSR count). The quantitative estimate of drug-likeness (QED) is 0.855. The lowest BCUT2D eigenvalue weighted by Crippen LogP contribution is -2.33. The summed E-state index contributed by atoms with van der Waals surface area (Å²) in [5.41, 5.74) is 9.11. The molecule has 0 aliphatic heterocycles. The number of nitrogens with one attached hydrogen (secondary N) is 1. The third-order valence-electron chi connectivity index (χ3n) is 3.65. The smallest absolute Gasteiger partial charge is 0.229 e. The molecule has 0 bridgehead atoms. The van der Waals surface area contributed by atoms with Crippen LogP contribution in [-0.2, 0) is 17.8 Å². The number of hydrogen-bond acceptors (Lipinski definition) is 2. The molecule has 0 fully saturated rings. The number of amides is 1. The lowest BCUT2D eigenvalue weighted by Gasteiger charge is -2.15. The van der Waals surface area contributed by atoms with Gasteiger partial charge in [-0.2, -0.15) is 0 Å². The van der Waals surface area contributed by atoms with Crippen molar-refractivity contribution in [1.29, 1.82) is 0 Å². The number of carbonyl (C=O) groups is 1. The van der Waals surface area contributed by atoms with Crippen molar-refractivity contribution < 1.29 is 4.79 Å². The first-order chi connectivity index (χ1) is 10.2. The number of aryl methyl sites for hydroxylation is 1. The normalized spacial score (nSPS) is 11.9. The van der Waals surface area contributed by atoms with Crippen LogP contribution in [0.4, 0.5) is 0 Å². The van der Waals surface area contributed by atoms with Gasteiger partial charge in [0.15, 0.2) is 0 Å². The van der Waals surface area contributed by atoms with Crippen LogP contribution < -0.4 is 11.1 Å². The van der Waals surface area contributed by atoms with Crippen LogP contribution in [0.5, 0.6) is 0 Å². The van der Waals surface area contributed by atoms with Gasteiger partial charge in [0.1, 0.15) is 0 Å². The summed E-state index contributed by atoms with van der Waals surface area (Å²) in [6, 6.07) is 18.0. The first-order valence-corrected chi connectivity index (χ1v) is 7.35. The molecule has 110 valence electrons. The second-order valence-electron chi connectivity index (χ2n) is 5.09. The number of carbonyl (C=O) groups excluding carboxylic acids is 1. The van der Waals surface area contributed by atoms with Gasteiger partial charge in [-0.25, -0.2) is 0 Å². The van der Waals surface area contributed by atoms with Crippen LogP contribution in [0.15, 0.2) is 54.6 Å². The number of nitrogens with two attached hydrogens (primary N) is 1. The summed E-state index contributed by atoms with van der Waals surface area (Å²) in [5.74, 6) is -0.315. The fourth-order valence-corrected chi connectivity index (χ4v) is 2.29. The Balaban J connectivity index is 1.96. The lowest BCUT2D eigenvalue weighted by atomic mass is 9.98. The summed E-state index contributed by atoms with van der Waals surface area (Å²) in [6.07, 6.45) is 1.02. The Morgan fingerprint density at radius 3 is 2.24 bits per heavy atom. The molecular weight excluding hydrogens is 260 g/mol. The highest BCUT2D eigenvalue weighted by Crippen LogP contribution is 2.14. The van der Waals surface area contributed by atoms with Crippen molar-refractivity contribution in [3.05, 3.63) is 71.3 Å². The van der Waals surface area contributed by atoms with Crippen molar-refractivity contribution in [2.24, 2.45) is 5.73 Å². The molecule has 2 aromatic rings. The largest absolute Gasteiger partial charge is 0.351 e. The second-order valence-corrected chi connectivity index (χ2v) is 5.09. The molecule has 0 radical (unpaired) electrons. The van der Waals surface area contributed by atoms with Gasteiger partial charge in [-0.05, 0) is 23.1 Å². The Morgan fingerprint density at radius 1 is 1.05 bits per heavy atom. The van der Waals surface area contributed by atoms with Gasteiger partial charge in [-0.1, -0.05) is 61.5 Å². The molecule has 21 heavy (non-hydrogen) atoms. The fraction of sp³-hybridized carbons (Fsp3) is 0.278. The molecule has 0 saturated heterocycles. The van der Waals surface area contributed by atoms with Crippen LogP contribution in [0.3, 0.4) is 0 Å². The lowest BCUT2D eigenvalue weighted by molar-refractivity contribution is -0.122. The van der Waals surface area contributed by atoms with Crippen LogP contribution in [-0.4, -0.2) is 12.5 Å². The van der Waals surface area contributed by atoms with E-state index in [1.807, 2.05) is 30.3 Å². The zero-order chi connectivity index (χ0) is 15.1. The molecule has 0 aliphatic rings. The maximum absolute atomic E-state index is 12.3. The van der Waals surface area contributed by atoms with E-state index in [0.717, 1.165) is 17.5 Å². The number of benzene rings is 2. The van der Waals surface area contributed by atoms with E-state index in [4.69, 9.17) is 5.73 Å².